The zero-order chi connectivity index (χ0) is 17.9. The van der Waals surface area contributed by atoms with E-state index in [4.69, 9.17) is 0 Å². The normalized spacial score (nSPS) is 15.2. The number of hydrogen-bond donors (Lipinski definition) is 1. The minimum atomic E-state index is 0.0109. The molecular formula is C17H19N7OS. The first-order valence-electron chi connectivity index (χ1n) is 8.48. The minimum Gasteiger partial charge on any atom is -0.355 e. The maximum Gasteiger partial charge on any atom is 0.229 e. The van der Waals surface area contributed by atoms with Crippen LogP contribution in [0.5, 0.6) is 0 Å². The van der Waals surface area contributed by atoms with Gasteiger partial charge >= 0.3 is 0 Å². The van der Waals surface area contributed by atoms with E-state index in [1.807, 2.05) is 30.6 Å². The molecule has 1 aliphatic heterocycles. The largest absolute Gasteiger partial charge is 0.355 e. The van der Waals surface area contributed by atoms with Crippen LogP contribution in [0.3, 0.4) is 0 Å². The van der Waals surface area contributed by atoms with E-state index in [2.05, 4.69) is 30.5 Å². The molecule has 3 aromatic heterocycles. The van der Waals surface area contributed by atoms with Crippen molar-refractivity contribution in [3.63, 3.8) is 0 Å². The molecule has 0 saturated carbocycles. The second kappa shape index (κ2) is 7.20. The van der Waals surface area contributed by atoms with Gasteiger partial charge in [-0.1, -0.05) is 0 Å². The molecule has 0 unspecified atom stereocenters. The number of hydrogen-bond acceptors (Lipinski definition) is 7. The van der Waals surface area contributed by atoms with Crippen molar-refractivity contribution < 1.29 is 4.79 Å². The van der Waals surface area contributed by atoms with Crippen molar-refractivity contribution in [2.24, 2.45) is 13.0 Å². The summed E-state index contributed by atoms with van der Waals surface area (Å²) in [5, 5.41) is 18.2. The van der Waals surface area contributed by atoms with Crippen LogP contribution < -0.4 is 10.2 Å². The van der Waals surface area contributed by atoms with Gasteiger partial charge in [-0.3, -0.25) is 9.48 Å². The Hall–Kier alpha value is -2.81. The summed E-state index contributed by atoms with van der Waals surface area (Å²) in [7, 11) is 1.88. The summed E-state index contributed by atoms with van der Waals surface area (Å²) < 4.78 is 1.77. The summed E-state index contributed by atoms with van der Waals surface area (Å²) in [6, 6.07) is 5.85. The number of nitrogens with zero attached hydrogens (tertiary/aromatic N) is 6. The third kappa shape index (κ3) is 3.43. The highest BCUT2D eigenvalue weighted by Gasteiger charge is 2.26. The van der Waals surface area contributed by atoms with Crippen molar-refractivity contribution in [3.8, 4) is 11.4 Å². The van der Waals surface area contributed by atoms with Crippen LogP contribution in [0.15, 0.2) is 36.0 Å². The van der Waals surface area contributed by atoms with Crippen LogP contribution in [-0.2, 0) is 11.8 Å². The SMILES string of the molecule is Cn1nccc1-c1ccc(N2CCC(C(=O)Nc3nccs3)CC2)nn1. The van der Waals surface area contributed by atoms with Crippen molar-refractivity contribution in [2.45, 2.75) is 12.8 Å². The Bertz CT molecular complexity index is 867. The molecule has 0 aromatic carbocycles. The quantitative estimate of drug-likeness (QED) is 0.758. The van der Waals surface area contributed by atoms with E-state index in [0.29, 0.717) is 5.13 Å². The summed E-state index contributed by atoms with van der Waals surface area (Å²) in [6.07, 6.45) is 5.02. The van der Waals surface area contributed by atoms with Crippen molar-refractivity contribution in [2.75, 3.05) is 23.3 Å². The fraction of sp³-hybridized carbons (Fsp3) is 0.353. The molecule has 3 aromatic rings. The molecule has 0 aliphatic carbocycles. The van der Waals surface area contributed by atoms with Gasteiger partial charge in [0.05, 0.1) is 5.69 Å². The third-order valence-electron chi connectivity index (χ3n) is 4.59. The van der Waals surface area contributed by atoms with E-state index in [-0.39, 0.29) is 11.8 Å². The third-order valence-corrected chi connectivity index (χ3v) is 5.27. The topological polar surface area (TPSA) is 88.8 Å². The monoisotopic (exact) mass is 369 g/mol. The van der Waals surface area contributed by atoms with Gasteiger partial charge in [0.1, 0.15) is 5.69 Å². The minimum absolute atomic E-state index is 0.0109. The summed E-state index contributed by atoms with van der Waals surface area (Å²) in [5.74, 6) is 0.906. The number of rotatable bonds is 4. The molecule has 1 amide bonds. The lowest BCUT2D eigenvalue weighted by atomic mass is 9.96. The van der Waals surface area contributed by atoms with E-state index in [9.17, 15) is 4.79 Å². The van der Waals surface area contributed by atoms with E-state index >= 15 is 0 Å². The number of anilines is 2. The Balaban J connectivity index is 1.36. The van der Waals surface area contributed by atoms with Gasteiger partial charge in [-0.25, -0.2) is 4.98 Å². The number of aryl methyl sites for hydroxylation is 1. The highest BCUT2D eigenvalue weighted by Crippen LogP contribution is 2.24. The molecule has 0 bridgehead atoms. The van der Waals surface area contributed by atoms with Crippen LogP contribution in [0.1, 0.15) is 12.8 Å². The zero-order valence-corrected chi connectivity index (χ0v) is 15.2. The zero-order valence-electron chi connectivity index (χ0n) is 14.4. The number of thiazole rings is 1. The lowest BCUT2D eigenvalue weighted by Crippen LogP contribution is -2.38. The second-order valence-corrected chi connectivity index (χ2v) is 7.10. The molecule has 0 spiro atoms. The maximum atomic E-state index is 12.3. The first-order valence-corrected chi connectivity index (χ1v) is 9.36. The molecule has 0 atom stereocenters. The van der Waals surface area contributed by atoms with Crippen LogP contribution in [-0.4, -0.2) is 44.0 Å². The number of piperidine rings is 1. The Kier molecular flexibility index (Phi) is 4.61. The Labute approximate surface area is 154 Å². The molecule has 1 aliphatic rings. The van der Waals surface area contributed by atoms with Crippen LogP contribution in [0.4, 0.5) is 10.9 Å². The van der Waals surface area contributed by atoms with Gasteiger partial charge in [0.2, 0.25) is 5.91 Å². The molecular weight excluding hydrogens is 350 g/mol. The van der Waals surface area contributed by atoms with Gasteiger partial charge < -0.3 is 10.2 Å². The van der Waals surface area contributed by atoms with Gasteiger partial charge in [0.25, 0.3) is 0 Å². The molecule has 26 heavy (non-hydrogen) atoms. The lowest BCUT2D eigenvalue weighted by molar-refractivity contribution is -0.120. The Morgan fingerprint density at radius 2 is 2.04 bits per heavy atom. The molecule has 134 valence electrons. The number of carbonyl (C=O) groups is 1. The van der Waals surface area contributed by atoms with Crippen molar-refractivity contribution in [1.29, 1.82) is 0 Å². The fourth-order valence-corrected chi connectivity index (χ4v) is 3.65. The van der Waals surface area contributed by atoms with Gasteiger partial charge in [0, 0.05) is 43.8 Å². The predicted molar refractivity (Wildman–Crippen MR) is 99.9 cm³/mol. The number of amides is 1. The van der Waals surface area contributed by atoms with Crippen LogP contribution in [0.2, 0.25) is 0 Å². The number of nitrogens with one attached hydrogen (secondary N) is 1. The molecule has 1 fully saturated rings. The van der Waals surface area contributed by atoms with Crippen molar-refractivity contribution in [3.05, 3.63) is 36.0 Å². The van der Waals surface area contributed by atoms with E-state index in [0.717, 1.165) is 43.1 Å². The highest BCUT2D eigenvalue weighted by atomic mass is 32.1. The number of carbonyl (C=O) groups excluding carboxylic acids is 1. The average Bonchev–Trinajstić information content (AvgIpc) is 3.34. The molecule has 1 N–H and O–H groups in total. The van der Waals surface area contributed by atoms with Crippen LogP contribution >= 0.6 is 11.3 Å². The number of aromatic nitrogens is 5. The molecule has 4 heterocycles. The summed E-state index contributed by atoms with van der Waals surface area (Å²) in [4.78, 5) is 18.6. The first kappa shape index (κ1) is 16.6. The van der Waals surface area contributed by atoms with Crippen LogP contribution in [0.25, 0.3) is 11.4 Å². The van der Waals surface area contributed by atoms with Crippen molar-refractivity contribution in [1.82, 2.24) is 25.0 Å². The van der Waals surface area contributed by atoms with E-state index in [1.165, 1.54) is 11.3 Å². The summed E-state index contributed by atoms with van der Waals surface area (Å²) in [6.45, 7) is 1.57. The molecule has 9 heteroatoms. The lowest BCUT2D eigenvalue weighted by Gasteiger charge is -2.31. The van der Waals surface area contributed by atoms with E-state index in [1.54, 1.807) is 17.1 Å². The van der Waals surface area contributed by atoms with Crippen molar-refractivity contribution >= 4 is 28.2 Å². The average molecular weight is 369 g/mol. The molecule has 1 saturated heterocycles. The molecule has 8 nitrogen and oxygen atoms in total. The molecule has 0 radical (unpaired) electrons. The Morgan fingerprint density at radius 3 is 2.65 bits per heavy atom. The smallest absolute Gasteiger partial charge is 0.229 e. The molecule has 4 rings (SSSR count). The highest BCUT2D eigenvalue weighted by molar-refractivity contribution is 7.13. The maximum absolute atomic E-state index is 12.3. The van der Waals surface area contributed by atoms with Gasteiger partial charge in [-0.15, -0.1) is 21.5 Å². The van der Waals surface area contributed by atoms with Gasteiger partial charge in [-0.2, -0.15) is 5.10 Å². The standard InChI is InChI=1S/C17H19N7OS/c1-23-14(4-7-19-23)13-2-3-15(22-21-13)24-9-5-12(6-10-24)16(25)20-17-18-8-11-26-17/h2-4,7-8,11-12H,5-6,9-10H2,1H3,(H,18,20,25). The van der Waals surface area contributed by atoms with Gasteiger partial charge in [0.15, 0.2) is 10.9 Å². The Morgan fingerprint density at radius 1 is 1.19 bits per heavy atom. The summed E-state index contributed by atoms with van der Waals surface area (Å²) >= 11 is 1.44. The first-order chi connectivity index (χ1) is 12.7. The summed E-state index contributed by atoms with van der Waals surface area (Å²) in [5.41, 5.74) is 1.73. The van der Waals surface area contributed by atoms with E-state index < -0.39 is 0 Å². The second-order valence-electron chi connectivity index (χ2n) is 6.20. The fourth-order valence-electron chi connectivity index (χ4n) is 3.12. The van der Waals surface area contributed by atoms with Gasteiger partial charge in [-0.05, 0) is 31.0 Å². The predicted octanol–water partition coefficient (Wildman–Crippen LogP) is 2.19. The van der Waals surface area contributed by atoms with Crippen LogP contribution in [0, 0.1) is 5.92 Å².